The quantitative estimate of drug-likeness (QED) is 0.153. The van der Waals surface area contributed by atoms with Crippen molar-refractivity contribution in [2.45, 2.75) is 145 Å². The number of rotatable bonds is 5. The molecule has 0 radical (unpaired) electrons. The van der Waals surface area contributed by atoms with Gasteiger partial charge >= 0.3 is 0 Å². The summed E-state index contributed by atoms with van der Waals surface area (Å²) in [5.41, 5.74) is 39.2. The van der Waals surface area contributed by atoms with Gasteiger partial charge in [0.05, 0.1) is 11.1 Å². The summed E-state index contributed by atoms with van der Waals surface area (Å²) in [6.07, 6.45) is 0. The highest BCUT2D eigenvalue weighted by Gasteiger charge is 2.22. The molecule has 10 aromatic rings. The lowest BCUT2D eigenvalue weighted by molar-refractivity contribution is -0.667. The van der Waals surface area contributed by atoms with Gasteiger partial charge in [0, 0.05) is 90.4 Å². The predicted octanol–water partition coefficient (Wildman–Crippen LogP) is 18.5. The minimum absolute atomic E-state index is 0.369. The highest BCUT2D eigenvalue weighted by molar-refractivity contribution is 5.73. The normalized spacial score (nSPS) is 11.3. The van der Waals surface area contributed by atoms with Crippen LogP contribution in [0.15, 0.2) is 152 Å². The molecule has 0 spiro atoms. The van der Waals surface area contributed by atoms with E-state index in [-0.39, 0.29) is 0 Å². The van der Waals surface area contributed by atoms with E-state index in [1.165, 1.54) is 151 Å². The molecule has 0 aliphatic rings. The molecule has 0 aliphatic carbocycles. The number of nitrogens with zero attached hydrogens (tertiary/aromatic N) is 4. The topological polar surface area (TPSA) is 15.5 Å². The molecule has 0 bridgehead atoms. The van der Waals surface area contributed by atoms with Crippen LogP contribution in [0.5, 0.6) is 0 Å². The molecule has 0 saturated carbocycles. The Morgan fingerprint density at radius 3 is 1.04 bits per heavy atom. The average molecular weight is 1130 g/mol. The molecule has 85 heavy (non-hydrogen) atoms. The molecule has 0 fully saturated rings. The van der Waals surface area contributed by atoms with Crippen LogP contribution in [0.3, 0.4) is 0 Å². The van der Waals surface area contributed by atoms with E-state index >= 15 is 0 Å². The third-order valence-electron chi connectivity index (χ3n) is 17.4. The van der Waals surface area contributed by atoms with Crippen molar-refractivity contribution >= 4 is 0 Å². The van der Waals surface area contributed by atoms with Gasteiger partial charge in [-0.05, 0) is 225 Å². The lowest BCUT2D eigenvalue weighted by Gasteiger charge is -2.13. The van der Waals surface area contributed by atoms with Gasteiger partial charge in [-0.3, -0.25) is 0 Å². The van der Waals surface area contributed by atoms with Crippen LogP contribution in [0.25, 0.3) is 56.2 Å². The fourth-order valence-electron chi connectivity index (χ4n) is 11.6. The van der Waals surface area contributed by atoms with Gasteiger partial charge in [-0.15, -0.1) is 0 Å². The van der Waals surface area contributed by atoms with E-state index in [4.69, 9.17) is 4.11 Å². The van der Waals surface area contributed by atoms with Gasteiger partial charge in [0.15, 0.2) is 22.8 Å². The maximum Gasteiger partial charge on any atom is 0.215 e. The molecule has 10 rings (SSSR count). The second-order valence-corrected chi connectivity index (χ2v) is 24.2. The lowest BCUT2D eigenvalue weighted by Crippen LogP contribution is -2.35. The van der Waals surface area contributed by atoms with Gasteiger partial charge in [0.25, 0.3) is 0 Å². The number of aromatic nitrogens is 4. The van der Waals surface area contributed by atoms with Crippen molar-refractivity contribution in [1.29, 1.82) is 0 Å². The fourth-order valence-corrected chi connectivity index (χ4v) is 11.6. The zero-order valence-corrected chi connectivity index (χ0v) is 56.2. The second kappa shape index (κ2) is 28.7. The first kappa shape index (κ1) is 61.5. The van der Waals surface area contributed by atoms with Gasteiger partial charge in [0.2, 0.25) is 22.8 Å². The number of hydrogen-bond donors (Lipinski definition) is 0. The number of pyridine rings is 4. The van der Waals surface area contributed by atoms with Crippen LogP contribution >= 0.6 is 0 Å². The maximum absolute atomic E-state index is 7.68. The van der Waals surface area contributed by atoms with Crippen LogP contribution in [0.2, 0.25) is 0 Å². The second-order valence-electron chi connectivity index (χ2n) is 24.2. The van der Waals surface area contributed by atoms with Crippen molar-refractivity contribution in [3.63, 3.8) is 0 Å². The minimum Gasteiger partial charge on any atom is -0.199 e. The van der Waals surface area contributed by atoms with Crippen LogP contribution in [-0.2, 0) is 28.2 Å². The number of benzene rings is 6. The van der Waals surface area contributed by atoms with E-state index in [1.54, 1.807) is 10.6 Å². The molecule has 4 aromatic heterocycles. The summed E-state index contributed by atoms with van der Waals surface area (Å²) < 4.78 is 31.6. The van der Waals surface area contributed by atoms with E-state index < -0.39 is 6.85 Å². The first-order valence-corrected chi connectivity index (χ1v) is 30.1. The van der Waals surface area contributed by atoms with Crippen LogP contribution in [0.1, 0.15) is 121 Å². The molecule has 6 aromatic carbocycles. The maximum atomic E-state index is 7.68. The molecule has 0 unspecified atom stereocenters. The van der Waals surface area contributed by atoms with Crippen molar-refractivity contribution in [2.24, 2.45) is 28.2 Å². The zero-order chi connectivity index (χ0) is 65.4. The molecule has 4 heterocycles. The Morgan fingerprint density at radius 2 is 0.612 bits per heavy atom. The first-order valence-electron chi connectivity index (χ1n) is 31.6. The SMILES string of the molecule is Cc1cc(C)[n+](C)c(-c2cccc(C)c2C)c1.Cc1ccc(-c2cc(C)cc(C)c2C)c(C)c1.Cc1cccc(C)c1-c1c(C)ccc(C)[n+]1C.Cc1cccc(C)c1-c1c(C)ccc(C)[n+]1C.[2H]C([2H])([2H])c1cc(C)cc(-c2cccc(C)c2C)[n+]1C. The molecule has 0 amide bonds. The average Bonchev–Trinajstić information content (AvgIpc) is 2.44. The minimum atomic E-state index is -2.10. The summed E-state index contributed by atoms with van der Waals surface area (Å²) in [7, 11) is 8.23. The Kier molecular flexibility index (Phi) is 20.7. The van der Waals surface area contributed by atoms with E-state index in [0.717, 1.165) is 16.8 Å². The summed E-state index contributed by atoms with van der Waals surface area (Å²) in [4.78, 5) is 0. The van der Waals surface area contributed by atoms with Crippen molar-refractivity contribution in [2.75, 3.05) is 0 Å². The largest absolute Gasteiger partial charge is 0.215 e. The smallest absolute Gasteiger partial charge is 0.199 e. The summed E-state index contributed by atoms with van der Waals surface area (Å²) in [5, 5.41) is 0. The highest BCUT2D eigenvalue weighted by Crippen LogP contribution is 2.32. The molecule has 0 atom stereocenters. The third kappa shape index (κ3) is 15.6. The molecule has 4 nitrogen and oxygen atoms in total. The Bertz CT molecular complexity index is 4030. The van der Waals surface area contributed by atoms with E-state index in [9.17, 15) is 0 Å². The van der Waals surface area contributed by atoms with E-state index in [2.05, 4.69) is 294 Å². The van der Waals surface area contributed by atoms with Crippen molar-refractivity contribution in [3.05, 3.63) is 269 Å². The van der Waals surface area contributed by atoms with Gasteiger partial charge < -0.3 is 0 Å². The Balaban J connectivity index is 0.000000176. The molecular weight excluding hydrogens is 1030 g/mol. The van der Waals surface area contributed by atoms with Gasteiger partial charge in [-0.25, -0.2) is 0 Å². The standard InChI is InChI=1S/C17H20.4C16H20N/c1-11-6-7-16(14(4)8-11)17-10-12(2)9-13(3)15(17)5;2*1-11-9-13(3)17(5)16(10-11)15-8-6-7-12(2)14(15)4;2*1-11-7-6-8-12(2)15(11)16-13(3)9-10-14(4)17(16)5/h5*6-10H,1-5H3/q;4*+1/i;3D3;;;. The lowest BCUT2D eigenvalue weighted by atomic mass is 9.91. The van der Waals surface area contributed by atoms with Crippen LogP contribution in [0, 0.1) is 145 Å². The Labute approximate surface area is 518 Å². The van der Waals surface area contributed by atoms with Crippen molar-refractivity contribution < 1.29 is 22.4 Å². The molecule has 4 heteroatoms. The molecule has 440 valence electrons. The third-order valence-corrected chi connectivity index (χ3v) is 17.4. The summed E-state index contributed by atoms with van der Waals surface area (Å²) >= 11 is 0. The summed E-state index contributed by atoms with van der Waals surface area (Å²) in [6.45, 7) is 40.9. The van der Waals surface area contributed by atoms with Gasteiger partial charge in [-0.1, -0.05) is 102 Å². The highest BCUT2D eigenvalue weighted by atomic mass is 15.0. The van der Waals surface area contributed by atoms with Crippen LogP contribution in [-0.4, -0.2) is 0 Å². The molecule has 0 saturated heterocycles. The van der Waals surface area contributed by atoms with Crippen LogP contribution < -0.4 is 18.3 Å². The number of hydrogen-bond acceptors (Lipinski definition) is 0. The summed E-state index contributed by atoms with van der Waals surface area (Å²) in [5.74, 6) is 0. The zero-order valence-electron chi connectivity index (χ0n) is 59.2. The van der Waals surface area contributed by atoms with Crippen molar-refractivity contribution in [3.8, 4) is 56.2 Å². The molecular formula is C81H100N4+4. The number of aryl methyl sites for hydroxylation is 18. The monoisotopic (exact) mass is 1130 g/mol. The van der Waals surface area contributed by atoms with Crippen LogP contribution in [0.4, 0.5) is 0 Å². The van der Waals surface area contributed by atoms with Gasteiger partial charge in [-0.2, -0.15) is 18.3 Å². The van der Waals surface area contributed by atoms with E-state index in [1.807, 2.05) is 32.2 Å². The van der Waals surface area contributed by atoms with Crippen molar-refractivity contribution in [1.82, 2.24) is 0 Å². The first-order chi connectivity index (χ1) is 41.2. The Morgan fingerprint density at radius 1 is 0.247 bits per heavy atom. The fraction of sp³-hybridized carbons (Fsp3) is 0.309. The van der Waals surface area contributed by atoms with Gasteiger partial charge in [0.1, 0.15) is 28.2 Å². The summed E-state index contributed by atoms with van der Waals surface area (Å²) in [6, 6.07) is 53.9. The Hall–Kier alpha value is -8.08. The molecule has 0 aliphatic heterocycles. The van der Waals surface area contributed by atoms with E-state index in [0.29, 0.717) is 5.69 Å². The predicted molar refractivity (Wildman–Crippen MR) is 364 cm³/mol. The molecule has 0 N–H and O–H groups in total.